The summed E-state index contributed by atoms with van der Waals surface area (Å²) < 4.78 is 1.62. The van der Waals surface area contributed by atoms with Gasteiger partial charge in [0.25, 0.3) is 5.91 Å². The Morgan fingerprint density at radius 1 is 1.61 bits per heavy atom. The highest BCUT2D eigenvalue weighted by atomic mass is 16.3. The second-order valence-corrected chi connectivity index (χ2v) is 5.12. The molecule has 18 heavy (non-hydrogen) atoms. The molecule has 1 fully saturated rings. The van der Waals surface area contributed by atoms with Gasteiger partial charge in [0.15, 0.2) is 0 Å². The minimum Gasteiger partial charge on any atom is -0.391 e. The molecule has 0 bridgehead atoms. The molecule has 1 unspecified atom stereocenters. The summed E-state index contributed by atoms with van der Waals surface area (Å²) in [6, 6.07) is 0. The van der Waals surface area contributed by atoms with Crippen LogP contribution in [0.25, 0.3) is 0 Å². The number of aromatic nitrogens is 2. The number of carbonyl (C=O) groups is 1. The number of nitrogens with zero attached hydrogens (tertiary/aromatic N) is 2. The number of amides is 1. The summed E-state index contributed by atoms with van der Waals surface area (Å²) in [6.07, 6.45) is 5.81. The predicted octanol–water partition coefficient (Wildman–Crippen LogP) is 1.01. The molecule has 0 spiro atoms. The van der Waals surface area contributed by atoms with Crippen LogP contribution >= 0.6 is 0 Å². The molecule has 0 saturated heterocycles. The van der Waals surface area contributed by atoms with E-state index in [0.717, 1.165) is 12.8 Å². The van der Waals surface area contributed by atoms with Crippen LogP contribution in [0.4, 0.5) is 0 Å². The molecular weight excluding hydrogens is 230 g/mol. The molecule has 0 radical (unpaired) electrons. The highest BCUT2D eigenvalue weighted by Gasteiger charge is 2.23. The van der Waals surface area contributed by atoms with Crippen molar-refractivity contribution in [3.8, 4) is 0 Å². The normalized spacial score (nSPS) is 17.9. The van der Waals surface area contributed by atoms with E-state index in [1.165, 1.54) is 12.8 Å². The number of hydrogen-bond acceptors (Lipinski definition) is 3. The fourth-order valence-corrected chi connectivity index (χ4v) is 2.62. The van der Waals surface area contributed by atoms with Gasteiger partial charge in [-0.15, -0.1) is 0 Å². The summed E-state index contributed by atoms with van der Waals surface area (Å²) in [5.74, 6) is 0.193. The van der Waals surface area contributed by atoms with E-state index in [-0.39, 0.29) is 5.91 Å². The van der Waals surface area contributed by atoms with Gasteiger partial charge < -0.3 is 10.4 Å². The number of aliphatic hydroxyl groups is 1. The summed E-state index contributed by atoms with van der Waals surface area (Å²) in [7, 11) is 1.79. The SMILES string of the molecule is Cc1nn(C)cc1C(=O)NCC(O)C1CCCC1. The molecule has 5 nitrogen and oxygen atoms in total. The fraction of sp³-hybridized carbons (Fsp3) is 0.692. The second kappa shape index (κ2) is 5.52. The molecule has 0 aliphatic heterocycles. The van der Waals surface area contributed by atoms with E-state index in [2.05, 4.69) is 10.4 Å². The third-order valence-electron chi connectivity index (χ3n) is 3.67. The summed E-state index contributed by atoms with van der Waals surface area (Å²) in [5, 5.41) is 16.9. The van der Waals surface area contributed by atoms with E-state index in [1.807, 2.05) is 6.92 Å². The number of rotatable bonds is 4. The monoisotopic (exact) mass is 251 g/mol. The van der Waals surface area contributed by atoms with Crippen molar-refractivity contribution in [1.82, 2.24) is 15.1 Å². The van der Waals surface area contributed by atoms with Gasteiger partial charge in [0, 0.05) is 19.8 Å². The van der Waals surface area contributed by atoms with Crippen LogP contribution in [-0.4, -0.2) is 33.4 Å². The molecule has 2 N–H and O–H groups in total. The minimum atomic E-state index is -0.423. The van der Waals surface area contributed by atoms with Crippen molar-refractivity contribution in [2.45, 2.75) is 38.7 Å². The molecule has 1 amide bonds. The number of aryl methyl sites for hydroxylation is 2. The second-order valence-electron chi connectivity index (χ2n) is 5.12. The van der Waals surface area contributed by atoms with Crippen LogP contribution in [0.3, 0.4) is 0 Å². The molecule has 1 aliphatic carbocycles. The van der Waals surface area contributed by atoms with Gasteiger partial charge >= 0.3 is 0 Å². The highest BCUT2D eigenvalue weighted by molar-refractivity contribution is 5.94. The van der Waals surface area contributed by atoms with Gasteiger partial charge in [-0.1, -0.05) is 12.8 Å². The first-order valence-corrected chi connectivity index (χ1v) is 6.54. The Morgan fingerprint density at radius 3 is 2.83 bits per heavy atom. The zero-order valence-electron chi connectivity index (χ0n) is 11.0. The van der Waals surface area contributed by atoms with Gasteiger partial charge in [-0.05, 0) is 25.7 Å². The molecule has 5 heteroatoms. The maximum Gasteiger partial charge on any atom is 0.254 e. The van der Waals surface area contributed by atoms with Gasteiger partial charge in [0.1, 0.15) is 0 Å². The standard InChI is InChI=1S/C13H21N3O2/c1-9-11(8-16(2)15-9)13(18)14-7-12(17)10-5-3-4-6-10/h8,10,12,17H,3-7H2,1-2H3,(H,14,18). The van der Waals surface area contributed by atoms with Crippen molar-refractivity contribution in [2.24, 2.45) is 13.0 Å². The third-order valence-corrected chi connectivity index (χ3v) is 3.67. The van der Waals surface area contributed by atoms with Gasteiger partial charge in [-0.3, -0.25) is 9.48 Å². The van der Waals surface area contributed by atoms with Crippen molar-refractivity contribution in [1.29, 1.82) is 0 Å². The van der Waals surface area contributed by atoms with Crippen LogP contribution < -0.4 is 5.32 Å². The van der Waals surface area contributed by atoms with E-state index in [4.69, 9.17) is 0 Å². The van der Waals surface area contributed by atoms with Gasteiger partial charge in [0.05, 0.1) is 17.4 Å². The summed E-state index contributed by atoms with van der Waals surface area (Å²) >= 11 is 0. The Bertz CT molecular complexity index is 422. The van der Waals surface area contributed by atoms with Crippen LogP contribution in [0.1, 0.15) is 41.7 Å². The fourth-order valence-electron chi connectivity index (χ4n) is 2.62. The Labute approximate surface area is 107 Å². The molecule has 1 heterocycles. The van der Waals surface area contributed by atoms with E-state index in [0.29, 0.717) is 23.7 Å². The molecule has 1 aromatic heterocycles. The van der Waals surface area contributed by atoms with Crippen molar-refractivity contribution in [3.63, 3.8) is 0 Å². The van der Waals surface area contributed by atoms with E-state index < -0.39 is 6.10 Å². The van der Waals surface area contributed by atoms with Crippen molar-refractivity contribution in [3.05, 3.63) is 17.5 Å². The minimum absolute atomic E-state index is 0.155. The van der Waals surface area contributed by atoms with Gasteiger partial charge in [-0.25, -0.2) is 0 Å². The molecule has 1 saturated carbocycles. The first kappa shape index (κ1) is 13.1. The van der Waals surface area contributed by atoms with E-state index in [1.54, 1.807) is 17.9 Å². The predicted molar refractivity (Wildman–Crippen MR) is 68.2 cm³/mol. The number of carbonyl (C=O) groups excluding carboxylic acids is 1. The Kier molecular flexibility index (Phi) is 4.01. The zero-order chi connectivity index (χ0) is 13.1. The Balaban J connectivity index is 1.86. The average Bonchev–Trinajstić information content (AvgIpc) is 2.95. The topological polar surface area (TPSA) is 67.2 Å². The van der Waals surface area contributed by atoms with Crippen LogP contribution in [0, 0.1) is 12.8 Å². The number of aliphatic hydroxyl groups excluding tert-OH is 1. The molecule has 1 aliphatic rings. The third kappa shape index (κ3) is 2.90. The van der Waals surface area contributed by atoms with Crippen LogP contribution in [0.2, 0.25) is 0 Å². The summed E-state index contributed by atoms with van der Waals surface area (Å²) in [6.45, 7) is 2.14. The largest absolute Gasteiger partial charge is 0.391 e. The first-order chi connectivity index (χ1) is 8.58. The maximum absolute atomic E-state index is 11.9. The lowest BCUT2D eigenvalue weighted by Gasteiger charge is -2.17. The highest BCUT2D eigenvalue weighted by Crippen LogP contribution is 2.27. The van der Waals surface area contributed by atoms with Crippen LogP contribution in [0.5, 0.6) is 0 Å². The van der Waals surface area contributed by atoms with Crippen molar-refractivity contribution in [2.75, 3.05) is 6.54 Å². The molecule has 2 rings (SSSR count). The smallest absolute Gasteiger partial charge is 0.254 e. The van der Waals surface area contributed by atoms with E-state index >= 15 is 0 Å². The molecule has 1 atom stereocenters. The average molecular weight is 251 g/mol. The number of nitrogens with one attached hydrogen (secondary N) is 1. The summed E-state index contributed by atoms with van der Waals surface area (Å²) in [5.41, 5.74) is 1.29. The molecule has 100 valence electrons. The van der Waals surface area contributed by atoms with Crippen molar-refractivity contribution >= 4 is 5.91 Å². The quantitative estimate of drug-likeness (QED) is 0.839. The van der Waals surface area contributed by atoms with Crippen molar-refractivity contribution < 1.29 is 9.90 Å². The van der Waals surface area contributed by atoms with Crippen LogP contribution in [0.15, 0.2) is 6.20 Å². The Hall–Kier alpha value is -1.36. The maximum atomic E-state index is 11.9. The molecular formula is C13H21N3O2. The van der Waals surface area contributed by atoms with Gasteiger partial charge in [0.2, 0.25) is 0 Å². The zero-order valence-corrected chi connectivity index (χ0v) is 11.0. The molecule has 0 aromatic carbocycles. The lowest BCUT2D eigenvalue weighted by molar-refractivity contribution is 0.0840. The van der Waals surface area contributed by atoms with Crippen LogP contribution in [-0.2, 0) is 7.05 Å². The summed E-state index contributed by atoms with van der Waals surface area (Å²) in [4.78, 5) is 11.9. The van der Waals surface area contributed by atoms with Gasteiger partial charge in [-0.2, -0.15) is 5.10 Å². The lowest BCUT2D eigenvalue weighted by Crippen LogP contribution is -2.35. The Morgan fingerprint density at radius 2 is 2.28 bits per heavy atom. The van der Waals surface area contributed by atoms with E-state index in [9.17, 15) is 9.90 Å². The molecule has 1 aromatic rings. The lowest BCUT2D eigenvalue weighted by atomic mass is 10.0. The first-order valence-electron chi connectivity index (χ1n) is 6.54. The number of hydrogen-bond donors (Lipinski definition) is 2.